The van der Waals surface area contributed by atoms with Crippen LogP contribution in [0.25, 0.3) is 28.2 Å². The van der Waals surface area contributed by atoms with Crippen molar-refractivity contribution in [3.63, 3.8) is 0 Å². The van der Waals surface area contributed by atoms with Gasteiger partial charge in [0.15, 0.2) is 11.4 Å². The molecule has 7 rings (SSSR count). The monoisotopic (exact) mass is 849 g/mol. The zero-order chi connectivity index (χ0) is 43.3. The number of imide groups is 1. The lowest BCUT2D eigenvalue weighted by atomic mass is 10.1. The van der Waals surface area contributed by atoms with Gasteiger partial charge in [-0.1, -0.05) is 18.2 Å². The van der Waals surface area contributed by atoms with Crippen molar-refractivity contribution in [2.45, 2.75) is 63.7 Å². The molecular weight excluding hydrogens is 809 g/mol. The quantitative estimate of drug-likeness (QED) is 0.0562. The van der Waals surface area contributed by atoms with Gasteiger partial charge in [-0.25, -0.2) is 23.2 Å². The number of ether oxygens (including phenoxy) is 1. The highest BCUT2D eigenvalue weighted by Crippen LogP contribution is 2.29. The highest BCUT2D eigenvalue weighted by Gasteiger charge is 2.31. The van der Waals surface area contributed by atoms with E-state index in [1.807, 2.05) is 18.2 Å². The summed E-state index contributed by atoms with van der Waals surface area (Å²) < 4.78 is 81.3. The number of carbonyl (C=O) groups is 3. The molecule has 2 aromatic carbocycles. The number of halogens is 5. The highest BCUT2D eigenvalue weighted by atomic mass is 19.4. The zero-order valence-electron chi connectivity index (χ0n) is 32.7. The largest absolute Gasteiger partial charge is 0.444 e. The van der Waals surface area contributed by atoms with Crippen LogP contribution < -0.4 is 21.6 Å². The number of carbonyl (C=O) groups excluding carboxylic acids is 3. The molecule has 1 fully saturated rings. The van der Waals surface area contributed by atoms with Gasteiger partial charge in [0.25, 0.3) is 12.3 Å². The number of hydrogen-bond donors (Lipinski definition) is 3. The number of alkyl halides is 5. The Bertz CT molecular complexity index is 2600. The summed E-state index contributed by atoms with van der Waals surface area (Å²) in [5.74, 6) is -1.74. The molecule has 1 aliphatic rings. The van der Waals surface area contributed by atoms with E-state index in [0.717, 1.165) is 23.8 Å². The summed E-state index contributed by atoms with van der Waals surface area (Å²) in [6, 6.07) is 14.8. The topological polar surface area (TPSA) is 180 Å². The maximum absolute atomic E-state index is 14.0. The number of imidazole rings is 1. The number of rotatable bonds is 17. The van der Waals surface area contributed by atoms with Crippen LogP contribution in [0.15, 0.2) is 82.5 Å². The fourth-order valence-corrected chi connectivity index (χ4v) is 6.91. The molecule has 4 aromatic heterocycles. The Morgan fingerprint density at radius 3 is 2.56 bits per heavy atom. The molecule has 0 bridgehead atoms. The van der Waals surface area contributed by atoms with E-state index in [2.05, 4.69) is 31.0 Å². The number of oxazole rings is 1. The van der Waals surface area contributed by atoms with E-state index in [1.54, 1.807) is 31.3 Å². The molecule has 3 N–H and O–H groups in total. The van der Waals surface area contributed by atoms with Crippen molar-refractivity contribution in [1.29, 1.82) is 0 Å². The summed E-state index contributed by atoms with van der Waals surface area (Å²) in [7, 11) is 1.66. The molecule has 1 atom stereocenters. The zero-order valence-corrected chi connectivity index (χ0v) is 32.7. The van der Waals surface area contributed by atoms with Crippen molar-refractivity contribution in [3.05, 3.63) is 112 Å². The van der Waals surface area contributed by atoms with Crippen LogP contribution in [-0.4, -0.2) is 72.5 Å². The summed E-state index contributed by atoms with van der Waals surface area (Å²) in [6.07, 6.45) is -3.33. The Kier molecular flexibility index (Phi) is 12.8. The molecule has 0 aliphatic carbocycles. The first-order valence-corrected chi connectivity index (χ1v) is 19.3. The standard InChI is InChI=1S/C41H40F5N9O6/c1-53-33-19-24(6-9-31(33)55(40(53)59)32-10-11-34(56)51-38(32)58)3-2-17-60-18-16-47-21-25-4-7-28(8-5-25)54-22-29(35(52-54)36(42)43)49-37(57)30-23-61-39(50-30)26-13-15-48-27(20-26)12-14-41(44,45)46/h4-9,13,15,19-20,22-23,32,36,47H,2-3,10-12,14,16-18,21H2,1H3,(H,49,57)(H,51,56,58). The third kappa shape index (κ3) is 10.3. The lowest BCUT2D eigenvalue weighted by Crippen LogP contribution is -2.44. The molecule has 20 heteroatoms. The maximum Gasteiger partial charge on any atom is 0.389 e. The number of amides is 3. The summed E-state index contributed by atoms with van der Waals surface area (Å²) >= 11 is 0. The Labute approximate surface area is 343 Å². The van der Waals surface area contributed by atoms with Gasteiger partial charge in [-0.05, 0) is 73.2 Å². The number of pyridine rings is 1. The number of fused-ring (bicyclic) bond motifs is 1. The van der Waals surface area contributed by atoms with Crippen molar-refractivity contribution in [1.82, 2.24) is 39.5 Å². The molecule has 0 saturated carbocycles. The molecular formula is C41H40F5N9O6. The highest BCUT2D eigenvalue weighted by molar-refractivity contribution is 6.03. The Morgan fingerprint density at radius 1 is 1.02 bits per heavy atom. The molecule has 320 valence electrons. The van der Waals surface area contributed by atoms with Gasteiger partial charge >= 0.3 is 11.9 Å². The third-order valence-corrected chi connectivity index (χ3v) is 10.0. The lowest BCUT2D eigenvalue weighted by molar-refractivity contribution is -0.136. The van der Waals surface area contributed by atoms with Crippen molar-refractivity contribution in [2.24, 2.45) is 7.05 Å². The van der Waals surface area contributed by atoms with Crippen molar-refractivity contribution >= 4 is 34.4 Å². The molecule has 15 nitrogen and oxygen atoms in total. The van der Waals surface area contributed by atoms with Gasteiger partial charge in [-0.15, -0.1) is 0 Å². The minimum Gasteiger partial charge on any atom is -0.444 e. The van der Waals surface area contributed by atoms with Gasteiger partial charge in [0.1, 0.15) is 12.3 Å². The molecule has 0 spiro atoms. The first-order chi connectivity index (χ1) is 29.2. The summed E-state index contributed by atoms with van der Waals surface area (Å²) in [5, 5.41) is 12.0. The Balaban J connectivity index is 0.855. The van der Waals surface area contributed by atoms with Gasteiger partial charge in [0, 0.05) is 57.0 Å². The number of nitrogens with zero attached hydrogens (tertiary/aromatic N) is 6. The van der Waals surface area contributed by atoms with E-state index in [1.165, 1.54) is 38.3 Å². The van der Waals surface area contributed by atoms with Gasteiger partial charge in [0.05, 0.1) is 35.2 Å². The molecule has 1 saturated heterocycles. The molecule has 1 unspecified atom stereocenters. The number of piperidine rings is 1. The predicted molar refractivity (Wildman–Crippen MR) is 210 cm³/mol. The Morgan fingerprint density at radius 2 is 1.80 bits per heavy atom. The third-order valence-electron chi connectivity index (χ3n) is 10.0. The van der Waals surface area contributed by atoms with E-state index in [-0.39, 0.29) is 59.4 Å². The fourth-order valence-electron chi connectivity index (χ4n) is 6.91. The number of hydrogen-bond acceptors (Lipinski definition) is 10. The van der Waals surface area contributed by atoms with E-state index in [0.29, 0.717) is 49.4 Å². The van der Waals surface area contributed by atoms with Crippen LogP contribution in [0.5, 0.6) is 0 Å². The van der Waals surface area contributed by atoms with E-state index < -0.39 is 42.6 Å². The van der Waals surface area contributed by atoms with Crippen LogP contribution in [0.1, 0.15) is 71.2 Å². The summed E-state index contributed by atoms with van der Waals surface area (Å²) in [6.45, 7) is 2.06. The smallest absolute Gasteiger partial charge is 0.389 e. The summed E-state index contributed by atoms with van der Waals surface area (Å²) in [4.78, 5) is 58.1. The van der Waals surface area contributed by atoms with Gasteiger partial charge in [-0.2, -0.15) is 18.3 Å². The number of nitrogens with one attached hydrogen (secondary N) is 3. The van der Waals surface area contributed by atoms with Crippen molar-refractivity contribution < 1.29 is 45.5 Å². The van der Waals surface area contributed by atoms with Crippen LogP contribution in [0, 0.1) is 0 Å². The average molecular weight is 850 g/mol. The average Bonchev–Trinajstić information content (AvgIpc) is 3.96. The maximum atomic E-state index is 14.0. The van der Waals surface area contributed by atoms with Gasteiger partial charge < -0.3 is 19.8 Å². The SMILES string of the molecule is Cn1c(=O)n(C2CCC(=O)NC2=O)c2ccc(CCCOCCNCc3ccc(-n4cc(NC(=O)c5coc(-c6ccnc(CCC(F)(F)F)c6)n5)c(C(F)F)n4)cc3)cc21. The predicted octanol–water partition coefficient (Wildman–Crippen LogP) is 5.98. The van der Waals surface area contributed by atoms with E-state index in [4.69, 9.17) is 9.15 Å². The number of aromatic nitrogens is 6. The lowest BCUT2D eigenvalue weighted by Gasteiger charge is -2.21. The van der Waals surface area contributed by atoms with E-state index >= 15 is 0 Å². The van der Waals surface area contributed by atoms with Crippen LogP contribution >= 0.6 is 0 Å². The minimum absolute atomic E-state index is 0.0614. The summed E-state index contributed by atoms with van der Waals surface area (Å²) in [5.41, 5.74) is 2.70. The van der Waals surface area contributed by atoms with Crippen LogP contribution in [-0.2, 0) is 40.8 Å². The van der Waals surface area contributed by atoms with Crippen LogP contribution in [0.3, 0.4) is 0 Å². The number of aryl methyl sites for hydroxylation is 3. The molecule has 3 amide bonds. The van der Waals surface area contributed by atoms with Crippen molar-refractivity contribution in [3.8, 4) is 17.1 Å². The van der Waals surface area contributed by atoms with Crippen LogP contribution in [0.4, 0.5) is 27.6 Å². The molecule has 6 aromatic rings. The molecule has 1 aliphatic heterocycles. The first-order valence-electron chi connectivity index (χ1n) is 19.3. The minimum atomic E-state index is -4.36. The normalized spacial score (nSPS) is 14.6. The second-order valence-electron chi connectivity index (χ2n) is 14.4. The molecule has 0 radical (unpaired) electrons. The second-order valence-corrected chi connectivity index (χ2v) is 14.4. The van der Waals surface area contributed by atoms with Crippen LogP contribution in [0.2, 0.25) is 0 Å². The Hall–Kier alpha value is -6.54. The van der Waals surface area contributed by atoms with Gasteiger partial charge in [0.2, 0.25) is 17.7 Å². The molecule has 61 heavy (non-hydrogen) atoms. The van der Waals surface area contributed by atoms with E-state index in [9.17, 15) is 41.1 Å². The number of anilines is 1. The fraction of sp³-hybridized carbons (Fsp3) is 0.341. The number of benzene rings is 2. The second kappa shape index (κ2) is 18.4. The molecule has 5 heterocycles. The first kappa shape index (κ1) is 42.6. The van der Waals surface area contributed by atoms with Gasteiger partial charge in [-0.3, -0.25) is 33.8 Å². The van der Waals surface area contributed by atoms with Crippen molar-refractivity contribution in [2.75, 3.05) is 25.1 Å².